The van der Waals surface area contributed by atoms with Crippen molar-refractivity contribution in [1.29, 1.82) is 0 Å². The zero-order chi connectivity index (χ0) is 12.8. The smallest absolute Gasteiger partial charge is 0.326 e. The summed E-state index contributed by atoms with van der Waals surface area (Å²) in [5, 5.41) is 11.5. The van der Waals surface area contributed by atoms with E-state index in [4.69, 9.17) is 5.11 Å². The van der Waals surface area contributed by atoms with Crippen LogP contribution >= 0.6 is 0 Å². The molecule has 2 N–H and O–H groups in total. The van der Waals surface area contributed by atoms with Crippen molar-refractivity contribution in [1.82, 2.24) is 10.2 Å². The predicted molar refractivity (Wildman–Crippen MR) is 64.6 cm³/mol. The molecule has 17 heavy (non-hydrogen) atoms. The highest BCUT2D eigenvalue weighted by Gasteiger charge is 2.37. The Kier molecular flexibility index (Phi) is 4.75. The Morgan fingerprint density at radius 2 is 1.88 bits per heavy atom. The number of carboxylic acid groups (broad SMARTS) is 1. The molecular weight excluding hydrogens is 220 g/mol. The monoisotopic (exact) mass is 238 g/mol. The minimum atomic E-state index is -0.974. The van der Waals surface area contributed by atoms with Gasteiger partial charge in [-0.1, -0.05) is 12.2 Å². The summed E-state index contributed by atoms with van der Waals surface area (Å²) in [6, 6.07) is -1.16. The number of aliphatic carboxylic acids is 1. The lowest BCUT2D eigenvalue weighted by molar-refractivity contribution is -0.139. The standard InChI is InChI=1S/C12H18N2O3/c1-3-7-14(8-4-2)12(17)13-10(11(15)16)9-5-6-9/h3-4,9-10H,1-2,5-8H2,(H,13,17)(H,15,16). The van der Waals surface area contributed by atoms with Gasteiger partial charge in [0.15, 0.2) is 0 Å². The summed E-state index contributed by atoms with van der Waals surface area (Å²) >= 11 is 0. The number of hydrogen-bond donors (Lipinski definition) is 2. The molecule has 0 aromatic heterocycles. The third kappa shape index (κ3) is 3.94. The van der Waals surface area contributed by atoms with Gasteiger partial charge in [-0.05, 0) is 18.8 Å². The number of nitrogens with zero attached hydrogens (tertiary/aromatic N) is 1. The molecule has 0 saturated heterocycles. The maximum atomic E-state index is 11.8. The maximum absolute atomic E-state index is 11.8. The van der Waals surface area contributed by atoms with Crippen molar-refractivity contribution >= 4 is 12.0 Å². The van der Waals surface area contributed by atoms with E-state index < -0.39 is 12.0 Å². The molecule has 0 aromatic rings. The van der Waals surface area contributed by atoms with E-state index in [9.17, 15) is 9.59 Å². The molecule has 1 rings (SSSR count). The normalized spacial score (nSPS) is 15.8. The Labute approximate surface area is 101 Å². The Morgan fingerprint density at radius 3 is 2.24 bits per heavy atom. The zero-order valence-corrected chi connectivity index (χ0v) is 9.76. The maximum Gasteiger partial charge on any atom is 0.326 e. The van der Waals surface area contributed by atoms with Crippen LogP contribution in [0.4, 0.5) is 4.79 Å². The number of nitrogens with one attached hydrogen (secondary N) is 1. The fourth-order valence-corrected chi connectivity index (χ4v) is 1.59. The van der Waals surface area contributed by atoms with Gasteiger partial charge in [0.1, 0.15) is 6.04 Å². The lowest BCUT2D eigenvalue weighted by atomic mass is 10.2. The highest BCUT2D eigenvalue weighted by molar-refractivity contribution is 5.83. The number of carbonyl (C=O) groups is 2. The quantitative estimate of drug-likeness (QED) is 0.655. The van der Waals surface area contributed by atoms with E-state index in [-0.39, 0.29) is 11.9 Å². The van der Waals surface area contributed by atoms with Gasteiger partial charge in [-0.2, -0.15) is 0 Å². The first-order valence-corrected chi connectivity index (χ1v) is 5.60. The lowest BCUT2D eigenvalue weighted by Gasteiger charge is -2.22. The summed E-state index contributed by atoms with van der Waals surface area (Å²) in [4.78, 5) is 24.3. The molecule has 1 unspecified atom stereocenters. The first kappa shape index (κ1) is 13.3. The summed E-state index contributed by atoms with van der Waals surface area (Å²) in [5.74, 6) is -0.899. The predicted octanol–water partition coefficient (Wildman–Crippen LogP) is 1.23. The first-order valence-electron chi connectivity index (χ1n) is 5.60. The van der Waals surface area contributed by atoms with Gasteiger partial charge in [0.05, 0.1) is 0 Å². The fourth-order valence-electron chi connectivity index (χ4n) is 1.59. The summed E-state index contributed by atoms with van der Waals surface area (Å²) in [5.41, 5.74) is 0. The minimum absolute atomic E-state index is 0.0748. The van der Waals surface area contributed by atoms with E-state index in [1.165, 1.54) is 4.90 Å². The van der Waals surface area contributed by atoms with E-state index in [1.807, 2.05) is 0 Å². The van der Waals surface area contributed by atoms with Crippen molar-refractivity contribution in [2.24, 2.45) is 5.92 Å². The molecule has 1 aliphatic carbocycles. The molecular formula is C12H18N2O3. The van der Waals surface area contributed by atoms with Gasteiger partial charge in [0.2, 0.25) is 0 Å². The molecule has 0 radical (unpaired) electrons. The SMILES string of the molecule is C=CCN(CC=C)C(=O)NC(C(=O)O)C1CC1. The van der Waals surface area contributed by atoms with E-state index in [0.29, 0.717) is 13.1 Å². The average Bonchev–Trinajstić information content (AvgIpc) is 3.08. The van der Waals surface area contributed by atoms with Gasteiger partial charge in [0.25, 0.3) is 0 Å². The average molecular weight is 238 g/mol. The van der Waals surface area contributed by atoms with Gasteiger partial charge in [-0.3, -0.25) is 0 Å². The van der Waals surface area contributed by atoms with Crippen molar-refractivity contribution in [2.75, 3.05) is 13.1 Å². The molecule has 5 nitrogen and oxygen atoms in total. The highest BCUT2D eigenvalue weighted by atomic mass is 16.4. The summed E-state index contributed by atoms with van der Waals surface area (Å²) in [6.45, 7) is 7.85. The second kappa shape index (κ2) is 6.08. The minimum Gasteiger partial charge on any atom is -0.480 e. The molecule has 0 aliphatic heterocycles. The first-order chi connectivity index (χ1) is 8.10. The van der Waals surface area contributed by atoms with Gasteiger partial charge >= 0.3 is 12.0 Å². The molecule has 1 aliphatic rings. The van der Waals surface area contributed by atoms with Crippen LogP contribution in [0.5, 0.6) is 0 Å². The number of amides is 2. The molecule has 0 bridgehead atoms. The van der Waals surface area contributed by atoms with E-state index in [1.54, 1.807) is 12.2 Å². The summed E-state index contributed by atoms with van der Waals surface area (Å²) < 4.78 is 0. The molecule has 94 valence electrons. The molecule has 0 spiro atoms. The Bertz CT molecular complexity index is 314. The van der Waals surface area contributed by atoms with Crippen LogP contribution in [0.25, 0.3) is 0 Å². The van der Waals surface area contributed by atoms with Crippen LogP contribution in [0.3, 0.4) is 0 Å². The molecule has 1 atom stereocenters. The van der Waals surface area contributed by atoms with Crippen molar-refractivity contribution < 1.29 is 14.7 Å². The number of carboxylic acids is 1. The molecule has 1 saturated carbocycles. The fraction of sp³-hybridized carbons (Fsp3) is 0.500. The van der Waals surface area contributed by atoms with Crippen LogP contribution in [0.2, 0.25) is 0 Å². The van der Waals surface area contributed by atoms with Crippen LogP contribution in [0, 0.1) is 5.92 Å². The Hall–Kier alpha value is -1.78. The second-order valence-electron chi connectivity index (χ2n) is 4.09. The van der Waals surface area contributed by atoms with Crippen LogP contribution in [0.15, 0.2) is 25.3 Å². The van der Waals surface area contributed by atoms with Crippen LogP contribution in [-0.4, -0.2) is 41.1 Å². The molecule has 2 amide bonds. The Morgan fingerprint density at radius 1 is 1.35 bits per heavy atom. The van der Waals surface area contributed by atoms with Crippen molar-refractivity contribution in [2.45, 2.75) is 18.9 Å². The van der Waals surface area contributed by atoms with Gasteiger partial charge < -0.3 is 15.3 Å². The molecule has 5 heteroatoms. The zero-order valence-electron chi connectivity index (χ0n) is 9.76. The molecule has 1 fully saturated rings. The van der Waals surface area contributed by atoms with Crippen molar-refractivity contribution in [3.8, 4) is 0 Å². The Balaban J connectivity index is 2.56. The number of carbonyl (C=O) groups excluding carboxylic acids is 1. The van der Waals surface area contributed by atoms with Crippen LogP contribution < -0.4 is 5.32 Å². The highest BCUT2D eigenvalue weighted by Crippen LogP contribution is 2.32. The van der Waals surface area contributed by atoms with E-state index >= 15 is 0 Å². The third-order valence-corrected chi connectivity index (χ3v) is 2.62. The van der Waals surface area contributed by atoms with Gasteiger partial charge in [0, 0.05) is 13.1 Å². The summed E-state index contributed by atoms with van der Waals surface area (Å²) in [6.07, 6.45) is 4.91. The molecule has 0 heterocycles. The number of rotatable bonds is 7. The largest absolute Gasteiger partial charge is 0.480 e. The van der Waals surface area contributed by atoms with Crippen LogP contribution in [0.1, 0.15) is 12.8 Å². The van der Waals surface area contributed by atoms with Crippen molar-refractivity contribution in [3.05, 3.63) is 25.3 Å². The van der Waals surface area contributed by atoms with E-state index in [0.717, 1.165) is 12.8 Å². The number of urea groups is 1. The molecule has 0 aromatic carbocycles. The van der Waals surface area contributed by atoms with Gasteiger partial charge in [-0.15, -0.1) is 13.2 Å². The van der Waals surface area contributed by atoms with Crippen LogP contribution in [-0.2, 0) is 4.79 Å². The third-order valence-electron chi connectivity index (χ3n) is 2.62. The van der Waals surface area contributed by atoms with Gasteiger partial charge in [-0.25, -0.2) is 9.59 Å². The lowest BCUT2D eigenvalue weighted by Crippen LogP contribution is -2.49. The number of hydrogen-bond acceptors (Lipinski definition) is 2. The topological polar surface area (TPSA) is 69.6 Å². The van der Waals surface area contributed by atoms with Crippen molar-refractivity contribution in [3.63, 3.8) is 0 Å². The van der Waals surface area contributed by atoms with E-state index in [2.05, 4.69) is 18.5 Å². The second-order valence-corrected chi connectivity index (χ2v) is 4.09. The summed E-state index contributed by atoms with van der Waals surface area (Å²) in [7, 11) is 0.